The van der Waals surface area contributed by atoms with E-state index in [1.54, 1.807) is 6.92 Å². The van der Waals surface area contributed by atoms with Gasteiger partial charge in [0.2, 0.25) is 0 Å². The van der Waals surface area contributed by atoms with Crippen LogP contribution in [-0.2, 0) is 12.4 Å². The largest absolute Gasteiger partial charge is 0.416 e. The number of hydrogen-bond acceptors (Lipinski definition) is 1. The molecular formula is C12H14ClF6N. The van der Waals surface area contributed by atoms with E-state index in [4.69, 9.17) is 5.73 Å². The number of halogens is 7. The third kappa shape index (κ3) is 4.86. The van der Waals surface area contributed by atoms with E-state index in [-0.39, 0.29) is 24.0 Å². The van der Waals surface area contributed by atoms with Gasteiger partial charge >= 0.3 is 12.4 Å². The van der Waals surface area contributed by atoms with Crippen molar-refractivity contribution in [2.45, 2.75) is 38.2 Å². The predicted molar refractivity (Wildman–Crippen MR) is 65.5 cm³/mol. The lowest BCUT2D eigenvalue weighted by molar-refractivity contribution is -0.143. The van der Waals surface area contributed by atoms with Crippen LogP contribution in [0.3, 0.4) is 0 Å². The van der Waals surface area contributed by atoms with Gasteiger partial charge in [0.25, 0.3) is 0 Å². The molecule has 0 radical (unpaired) electrons. The topological polar surface area (TPSA) is 26.0 Å². The summed E-state index contributed by atoms with van der Waals surface area (Å²) >= 11 is 0. The van der Waals surface area contributed by atoms with Crippen LogP contribution in [0, 0.1) is 0 Å². The van der Waals surface area contributed by atoms with Crippen molar-refractivity contribution in [2.75, 3.05) is 0 Å². The van der Waals surface area contributed by atoms with Crippen molar-refractivity contribution in [1.29, 1.82) is 0 Å². The summed E-state index contributed by atoms with van der Waals surface area (Å²) in [6.45, 7) is 1.75. The molecule has 0 fully saturated rings. The molecule has 1 nitrogen and oxygen atoms in total. The number of nitrogens with two attached hydrogens (primary N) is 1. The number of benzene rings is 1. The van der Waals surface area contributed by atoms with Crippen LogP contribution in [0.4, 0.5) is 26.3 Å². The average Bonchev–Trinajstić information content (AvgIpc) is 2.26. The summed E-state index contributed by atoms with van der Waals surface area (Å²) in [5, 5.41) is 0. The summed E-state index contributed by atoms with van der Waals surface area (Å²) in [6.07, 6.45) is -8.78. The molecule has 20 heavy (non-hydrogen) atoms. The van der Waals surface area contributed by atoms with Crippen LogP contribution >= 0.6 is 12.4 Å². The minimum Gasteiger partial charge on any atom is -0.324 e. The Morgan fingerprint density at radius 2 is 1.35 bits per heavy atom. The van der Waals surface area contributed by atoms with Crippen molar-refractivity contribution >= 4 is 12.4 Å². The van der Waals surface area contributed by atoms with E-state index in [0.717, 1.165) is 0 Å². The number of rotatable bonds is 3. The number of alkyl halides is 6. The van der Waals surface area contributed by atoms with Gasteiger partial charge in [-0.15, -0.1) is 12.4 Å². The van der Waals surface area contributed by atoms with E-state index in [0.29, 0.717) is 25.0 Å². The highest BCUT2D eigenvalue weighted by Gasteiger charge is 2.37. The molecule has 0 aromatic heterocycles. The second-order valence-corrected chi connectivity index (χ2v) is 4.23. The van der Waals surface area contributed by atoms with Crippen molar-refractivity contribution in [3.8, 4) is 0 Å². The summed E-state index contributed by atoms with van der Waals surface area (Å²) in [4.78, 5) is 0. The third-order valence-corrected chi connectivity index (χ3v) is 2.64. The fraction of sp³-hybridized carbons (Fsp3) is 0.500. The monoisotopic (exact) mass is 321 g/mol. The molecule has 0 unspecified atom stereocenters. The van der Waals surface area contributed by atoms with Gasteiger partial charge < -0.3 is 5.73 Å². The lowest BCUT2D eigenvalue weighted by atomic mass is 9.97. The van der Waals surface area contributed by atoms with Crippen LogP contribution in [-0.4, -0.2) is 0 Å². The summed E-state index contributed by atoms with van der Waals surface area (Å²) in [5.74, 6) is 0. The maximum atomic E-state index is 12.6. The summed E-state index contributed by atoms with van der Waals surface area (Å²) < 4.78 is 75.5. The molecule has 0 spiro atoms. The van der Waals surface area contributed by atoms with Crippen molar-refractivity contribution in [1.82, 2.24) is 0 Å². The van der Waals surface area contributed by atoms with Crippen LogP contribution in [0.2, 0.25) is 0 Å². The fourth-order valence-electron chi connectivity index (χ4n) is 1.67. The van der Waals surface area contributed by atoms with Gasteiger partial charge in [0.1, 0.15) is 0 Å². The first-order valence-corrected chi connectivity index (χ1v) is 5.60. The van der Waals surface area contributed by atoms with Crippen LogP contribution in [0.1, 0.15) is 42.5 Å². The smallest absolute Gasteiger partial charge is 0.324 e. The van der Waals surface area contributed by atoms with Gasteiger partial charge in [-0.05, 0) is 30.2 Å². The van der Waals surface area contributed by atoms with Crippen LogP contribution in [0.15, 0.2) is 18.2 Å². The molecular weight excluding hydrogens is 308 g/mol. The Morgan fingerprint density at radius 1 is 0.950 bits per heavy atom. The van der Waals surface area contributed by atoms with Crippen LogP contribution in [0.5, 0.6) is 0 Å². The Balaban J connectivity index is 0.00000361. The van der Waals surface area contributed by atoms with E-state index in [1.807, 2.05) is 0 Å². The molecule has 0 saturated heterocycles. The Morgan fingerprint density at radius 3 is 1.65 bits per heavy atom. The lowest BCUT2D eigenvalue weighted by Gasteiger charge is -2.17. The first-order chi connectivity index (χ1) is 8.55. The van der Waals surface area contributed by atoms with Gasteiger partial charge in [-0.25, -0.2) is 0 Å². The minimum absolute atomic E-state index is 0. The van der Waals surface area contributed by atoms with Gasteiger partial charge in [-0.3, -0.25) is 0 Å². The van der Waals surface area contributed by atoms with E-state index in [2.05, 4.69) is 0 Å². The molecule has 0 aliphatic rings. The second kappa shape index (κ2) is 6.67. The lowest BCUT2D eigenvalue weighted by Crippen LogP contribution is -2.16. The normalized spacial score (nSPS) is 13.8. The van der Waals surface area contributed by atoms with Crippen molar-refractivity contribution in [2.24, 2.45) is 5.73 Å². The van der Waals surface area contributed by atoms with Gasteiger partial charge in [0.15, 0.2) is 0 Å². The molecule has 1 aromatic rings. The number of hydrogen-bond donors (Lipinski definition) is 1. The standard InChI is InChI=1S/C12H13F6N.ClH/c1-2-3-10(19)7-4-8(11(13,14)15)6-9(5-7)12(16,17)18;/h4-6,10H,2-3,19H2,1H3;1H/t10-;/m1./s1. The third-order valence-electron chi connectivity index (χ3n) is 2.64. The molecule has 8 heteroatoms. The second-order valence-electron chi connectivity index (χ2n) is 4.23. The van der Waals surface area contributed by atoms with Gasteiger partial charge in [-0.2, -0.15) is 26.3 Å². The Labute approximate surface area is 118 Å². The molecule has 0 heterocycles. The van der Waals surface area contributed by atoms with E-state index < -0.39 is 29.5 Å². The molecule has 0 bridgehead atoms. The Kier molecular flexibility index (Phi) is 6.35. The maximum Gasteiger partial charge on any atom is 0.416 e. The van der Waals surface area contributed by atoms with Gasteiger partial charge in [-0.1, -0.05) is 13.3 Å². The molecule has 0 amide bonds. The highest BCUT2D eigenvalue weighted by atomic mass is 35.5. The Hall–Kier alpha value is -0.950. The molecule has 2 N–H and O–H groups in total. The van der Waals surface area contributed by atoms with Crippen LogP contribution < -0.4 is 5.73 Å². The van der Waals surface area contributed by atoms with Crippen molar-refractivity contribution in [3.05, 3.63) is 34.9 Å². The fourth-order valence-corrected chi connectivity index (χ4v) is 1.67. The van der Waals surface area contributed by atoms with E-state index in [9.17, 15) is 26.3 Å². The zero-order chi connectivity index (χ0) is 14.8. The van der Waals surface area contributed by atoms with Gasteiger partial charge in [0, 0.05) is 6.04 Å². The molecule has 0 aliphatic heterocycles. The molecule has 116 valence electrons. The molecule has 0 aliphatic carbocycles. The average molecular weight is 322 g/mol. The first kappa shape index (κ1) is 19.1. The minimum atomic E-state index is -4.83. The van der Waals surface area contributed by atoms with Crippen molar-refractivity contribution in [3.63, 3.8) is 0 Å². The first-order valence-electron chi connectivity index (χ1n) is 5.60. The highest BCUT2D eigenvalue weighted by Crippen LogP contribution is 2.37. The SMILES string of the molecule is CCC[C@@H](N)c1cc(C(F)(F)F)cc(C(F)(F)F)c1.Cl. The zero-order valence-corrected chi connectivity index (χ0v) is 11.3. The summed E-state index contributed by atoms with van der Waals surface area (Å²) in [5.41, 5.74) is 2.79. The molecule has 1 rings (SSSR count). The summed E-state index contributed by atoms with van der Waals surface area (Å²) in [6, 6.07) is 0.612. The Bertz CT molecular complexity index is 408. The van der Waals surface area contributed by atoms with Crippen molar-refractivity contribution < 1.29 is 26.3 Å². The maximum absolute atomic E-state index is 12.6. The zero-order valence-electron chi connectivity index (χ0n) is 10.5. The quantitative estimate of drug-likeness (QED) is 0.784. The van der Waals surface area contributed by atoms with E-state index >= 15 is 0 Å². The van der Waals surface area contributed by atoms with E-state index in [1.165, 1.54) is 0 Å². The van der Waals surface area contributed by atoms with Gasteiger partial charge in [0.05, 0.1) is 11.1 Å². The summed E-state index contributed by atoms with van der Waals surface area (Å²) in [7, 11) is 0. The molecule has 0 saturated carbocycles. The van der Waals surface area contributed by atoms with Crippen LogP contribution in [0.25, 0.3) is 0 Å². The molecule has 1 aromatic carbocycles. The predicted octanol–water partition coefficient (Wildman–Crippen LogP) is 4.95. The highest BCUT2D eigenvalue weighted by molar-refractivity contribution is 5.85. The molecule has 1 atom stereocenters.